The van der Waals surface area contributed by atoms with Gasteiger partial charge in [0, 0.05) is 13.1 Å². The number of aryl methyl sites for hydroxylation is 2. The number of aliphatic hydroxyl groups is 2. The minimum atomic E-state index is -3.82. The lowest BCUT2D eigenvalue weighted by Gasteiger charge is -2.22. The van der Waals surface area contributed by atoms with Crippen LogP contribution in [0.15, 0.2) is 17.0 Å². The first kappa shape index (κ1) is 16.9. The first-order valence-corrected chi connectivity index (χ1v) is 7.69. The van der Waals surface area contributed by atoms with Gasteiger partial charge in [0.25, 0.3) is 0 Å². The standard InChI is InChI=1S/C13H21NO5S/c1-10-8-12(19-3)13(9-11(10)2)20(17,18)14(4-6-15)5-7-16/h8-9,15-16H,4-7H2,1-3H3. The topological polar surface area (TPSA) is 87.1 Å². The molecule has 0 atom stereocenters. The van der Waals surface area contributed by atoms with Crippen molar-refractivity contribution in [2.45, 2.75) is 18.7 Å². The summed E-state index contributed by atoms with van der Waals surface area (Å²) in [6.07, 6.45) is 0. The average molecular weight is 303 g/mol. The van der Waals surface area contributed by atoms with Crippen molar-refractivity contribution < 1.29 is 23.4 Å². The van der Waals surface area contributed by atoms with Gasteiger partial charge in [0.2, 0.25) is 10.0 Å². The normalized spacial score (nSPS) is 11.9. The summed E-state index contributed by atoms with van der Waals surface area (Å²) in [5.74, 6) is 0.258. The van der Waals surface area contributed by atoms with E-state index in [-0.39, 0.29) is 36.9 Å². The molecule has 0 aliphatic heterocycles. The molecule has 0 aromatic heterocycles. The number of benzene rings is 1. The number of aliphatic hydroxyl groups excluding tert-OH is 2. The van der Waals surface area contributed by atoms with Gasteiger partial charge >= 0.3 is 0 Å². The minimum absolute atomic E-state index is 0.0463. The van der Waals surface area contributed by atoms with Gasteiger partial charge in [-0.15, -0.1) is 0 Å². The molecule has 1 aromatic carbocycles. The third kappa shape index (κ3) is 3.49. The Morgan fingerprint density at radius 1 is 1.10 bits per heavy atom. The predicted molar refractivity (Wildman–Crippen MR) is 75.4 cm³/mol. The quantitative estimate of drug-likeness (QED) is 0.756. The van der Waals surface area contributed by atoms with Crippen LogP contribution in [0.1, 0.15) is 11.1 Å². The van der Waals surface area contributed by atoms with Gasteiger partial charge in [-0.2, -0.15) is 4.31 Å². The van der Waals surface area contributed by atoms with Crippen molar-refractivity contribution in [2.24, 2.45) is 0 Å². The fraction of sp³-hybridized carbons (Fsp3) is 0.538. The highest BCUT2D eigenvalue weighted by Crippen LogP contribution is 2.29. The van der Waals surface area contributed by atoms with E-state index in [9.17, 15) is 8.42 Å². The molecule has 6 nitrogen and oxygen atoms in total. The molecule has 0 aliphatic carbocycles. The van der Waals surface area contributed by atoms with E-state index in [1.165, 1.54) is 7.11 Å². The SMILES string of the molecule is COc1cc(C)c(C)cc1S(=O)(=O)N(CCO)CCO. The maximum atomic E-state index is 12.6. The van der Waals surface area contributed by atoms with Crippen molar-refractivity contribution >= 4 is 10.0 Å². The Morgan fingerprint density at radius 3 is 2.05 bits per heavy atom. The lowest BCUT2D eigenvalue weighted by Crippen LogP contribution is -2.36. The van der Waals surface area contributed by atoms with Gasteiger partial charge in [0.15, 0.2) is 0 Å². The summed E-state index contributed by atoms with van der Waals surface area (Å²) < 4.78 is 31.3. The second-order valence-corrected chi connectivity index (χ2v) is 6.34. The number of hydrogen-bond donors (Lipinski definition) is 2. The molecule has 1 aromatic rings. The van der Waals surface area contributed by atoms with E-state index in [0.29, 0.717) is 0 Å². The van der Waals surface area contributed by atoms with E-state index in [2.05, 4.69) is 0 Å². The molecular formula is C13H21NO5S. The smallest absolute Gasteiger partial charge is 0.246 e. The maximum Gasteiger partial charge on any atom is 0.246 e. The zero-order valence-electron chi connectivity index (χ0n) is 12.0. The zero-order chi connectivity index (χ0) is 15.3. The number of sulfonamides is 1. The zero-order valence-corrected chi connectivity index (χ0v) is 12.8. The van der Waals surface area contributed by atoms with Crippen molar-refractivity contribution in [2.75, 3.05) is 33.4 Å². The molecule has 0 saturated carbocycles. The molecule has 0 heterocycles. The van der Waals surface area contributed by atoms with Crippen LogP contribution in [0.3, 0.4) is 0 Å². The monoisotopic (exact) mass is 303 g/mol. The van der Waals surface area contributed by atoms with Crippen LogP contribution in [-0.4, -0.2) is 56.3 Å². The molecule has 20 heavy (non-hydrogen) atoms. The third-order valence-electron chi connectivity index (χ3n) is 3.10. The molecule has 0 fully saturated rings. The summed E-state index contributed by atoms with van der Waals surface area (Å²) in [5.41, 5.74) is 1.76. The maximum absolute atomic E-state index is 12.6. The van der Waals surface area contributed by atoms with Crippen molar-refractivity contribution in [1.82, 2.24) is 4.31 Å². The summed E-state index contributed by atoms with van der Waals surface area (Å²) in [5, 5.41) is 18.0. The van der Waals surface area contributed by atoms with Crippen molar-refractivity contribution in [3.05, 3.63) is 23.3 Å². The van der Waals surface area contributed by atoms with Gasteiger partial charge < -0.3 is 14.9 Å². The van der Waals surface area contributed by atoms with Gasteiger partial charge in [0.1, 0.15) is 10.6 Å². The molecular weight excluding hydrogens is 282 g/mol. The summed E-state index contributed by atoms with van der Waals surface area (Å²) in [6, 6.07) is 3.21. The molecule has 1 rings (SSSR count). The largest absolute Gasteiger partial charge is 0.495 e. The molecule has 114 valence electrons. The molecule has 7 heteroatoms. The van der Waals surface area contributed by atoms with E-state index < -0.39 is 10.0 Å². The Morgan fingerprint density at radius 2 is 1.60 bits per heavy atom. The lowest BCUT2D eigenvalue weighted by atomic mass is 10.1. The molecule has 2 N–H and O–H groups in total. The van der Waals surface area contributed by atoms with Crippen LogP contribution >= 0.6 is 0 Å². The van der Waals surface area contributed by atoms with E-state index in [1.54, 1.807) is 12.1 Å². The molecule has 0 aliphatic rings. The Labute approximate surface area is 119 Å². The number of rotatable bonds is 7. The highest BCUT2D eigenvalue weighted by Gasteiger charge is 2.27. The van der Waals surface area contributed by atoms with Gasteiger partial charge in [-0.25, -0.2) is 8.42 Å². The van der Waals surface area contributed by atoms with Crippen LogP contribution in [0, 0.1) is 13.8 Å². The average Bonchev–Trinajstić information content (AvgIpc) is 2.41. The second kappa shape index (κ2) is 7.03. The summed E-state index contributed by atoms with van der Waals surface area (Å²) >= 11 is 0. The summed E-state index contributed by atoms with van der Waals surface area (Å²) in [7, 11) is -2.41. The molecule has 0 spiro atoms. The molecule has 0 bridgehead atoms. The Bertz CT molecular complexity index is 550. The lowest BCUT2D eigenvalue weighted by molar-refractivity contribution is 0.217. The molecule has 0 radical (unpaired) electrons. The Kier molecular flexibility index (Phi) is 5.94. The van der Waals surface area contributed by atoms with Crippen molar-refractivity contribution in [3.63, 3.8) is 0 Å². The predicted octanol–water partition coefficient (Wildman–Crippen LogP) is 0.287. The number of hydrogen-bond acceptors (Lipinski definition) is 5. The first-order valence-electron chi connectivity index (χ1n) is 6.25. The fourth-order valence-electron chi connectivity index (χ4n) is 1.84. The van der Waals surface area contributed by atoms with Crippen molar-refractivity contribution in [1.29, 1.82) is 0 Å². The van der Waals surface area contributed by atoms with Gasteiger partial charge in [0.05, 0.1) is 20.3 Å². The number of methoxy groups -OCH3 is 1. The van der Waals surface area contributed by atoms with E-state index in [4.69, 9.17) is 14.9 Å². The van der Waals surface area contributed by atoms with Crippen LogP contribution in [-0.2, 0) is 10.0 Å². The molecule has 0 saturated heterocycles. The van der Waals surface area contributed by atoms with E-state index >= 15 is 0 Å². The first-order chi connectivity index (χ1) is 9.38. The van der Waals surface area contributed by atoms with E-state index in [0.717, 1.165) is 15.4 Å². The van der Waals surface area contributed by atoms with Crippen LogP contribution in [0.25, 0.3) is 0 Å². The molecule has 0 amide bonds. The van der Waals surface area contributed by atoms with E-state index in [1.807, 2.05) is 13.8 Å². The minimum Gasteiger partial charge on any atom is -0.495 e. The second-order valence-electron chi connectivity index (χ2n) is 4.44. The Hall–Kier alpha value is -1.15. The number of ether oxygens (including phenoxy) is 1. The summed E-state index contributed by atoms with van der Waals surface area (Å²) in [6.45, 7) is 2.92. The number of nitrogens with zero attached hydrogens (tertiary/aromatic N) is 1. The van der Waals surface area contributed by atoms with Gasteiger partial charge in [-0.1, -0.05) is 0 Å². The van der Waals surface area contributed by atoms with Crippen LogP contribution in [0.2, 0.25) is 0 Å². The van der Waals surface area contributed by atoms with Crippen molar-refractivity contribution in [3.8, 4) is 5.75 Å². The van der Waals surface area contributed by atoms with Gasteiger partial charge in [-0.3, -0.25) is 0 Å². The highest BCUT2D eigenvalue weighted by molar-refractivity contribution is 7.89. The Balaban J connectivity index is 3.36. The van der Waals surface area contributed by atoms with Crippen LogP contribution < -0.4 is 4.74 Å². The molecule has 0 unspecified atom stereocenters. The van der Waals surface area contributed by atoms with Crippen LogP contribution in [0.5, 0.6) is 5.75 Å². The third-order valence-corrected chi connectivity index (χ3v) is 5.02. The highest BCUT2D eigenvalue weighted by atomic mass is 32.2. The fourth-order valence-corrected chi connectivity index (χ4v) is 3.48. The summed E-state index contributed by atoms with van der Waals surface area (Å²) in [4.78, 5) is 0.0463. The van der Waals surface area contributed by atoms with Gasteiger partial charge in [-0.05, 0) is 37.1 Å². The van der Waals surface area contributed by atoms with Crippen LogP contribution in [0.4, 0.5) is 0 Å².